The van der Waals surface area contributed by atoms with Gasteiger partial charge in [0.05, 0.1) is 18.6 Å². The Labute approximate surface area is 163 Å². The summed E-state index contributed by atoms with van der Waals surface area (Å²) in [7, 11) is -2.32. The van der Waals surface area contributed by atoms with Crippen LogP contribution in [0.3, 0.4) is 0 Å². The summed E-state index contributed by atoms with van der Waals surface area (Å²) < 4.78 is 31.5. The topological polar surface area (TPSA) is 109 Å². The molecule has 0 bridgehead atoms. The molecule has 0 aliphatic carbocycles. The molecule has 10 heteroatoms. The summed E-state index contributed by atoms with van der Waals surface area (Å²) >= 11 is 5.04. The van der Waals surface area contributed by atoms with Gasteiger partial charge in [0.1, 0.15) is 5.75 Å². The van der Waals surface area contributed by atoms with Crippen molar-refractivity contribution in [3.05, 3.63) is 60.2 Å². The summed E-state index contributed by atoms with van der Waals surface area (Å²) in [5.74, 6) is -0.0524. The Balaban J connectivity index is 1.73. The SMILES string of the molecule is COc1ccc(S(=O)(=O)NCC(=O)NNC(=S)NCc2ccccc2)cc1. The van der Waals surface area contributed by atoms with Gasteiger partial charge < -0.3 is 10.1 Å². The van der Waals surface area contributed by atoms with Crippen LogP contribution in [0, 0.1) is 0 Å². The first-order valence-electron chi connectivity index (χ1n) is 7.91. The fraction of sp³-hybridized carbons (Fsp3) is 0.176. The molecule has 0 saturated heterocycles. The number of carbonyl (C=O) groups is 1. The average molecular weight is 409 g/mol. The number of methoxy groups -OCH3 is 1. The predicted octanol–water partition coefficient (Wildman–Crippen LogP) is 0.669. The highest BCUT2D eigenvalue weighted by Gasteiger charge is 2.15. The van der Waals surface area contributed by atoms with Crippen molar-refractivity contribution < 1.29 is 17.9 Å². The fourth-order valence-electron chi connectivity index (χ4n) is 1.99. The van der Waals surface area contributed by atoms with Crippen LogP contribution in [0.25, 0.3) is 0 Å². The number of benzene rings is 2. The zero-order chi connectivity index (χ0) is 19.7. The van der Waals surface area contributed by atoms with Crippen LogP contribution in [0.1, 0.15) is 5.56 Å². The number of thiocarbonyl (C=S) groups is 1. The van der Waals surface area contributed by atoms with E-state index in [2.05, 4.69) is 20.9 Å². The fourth-order valence-corrected chi connectivity index (χ4v) is 3.10. The van der Waals surface area contributed by atoms with Crippen LogP contribution in [-0.4, -0.2) is 33.1 Å². The van der Waals surface area contributed by atoms with Crippen LogP contribution in [-0.2, 0) is 21.4 Å². The summed E-state index contributed by atoms with van der Waals surface area (Å²) in [4.78, 5) is 11.8. The number of carbonyl (C=O) groups excluding carboxylic acids is 1. The van der Waals surface area contributed by atoms with E-state index in [-0.39, 0.29) is 10.0 Å². The summed E-state index contributed by atoms with van der Waals surface area (Å²) in [5, 5.41) is 3.13. The molecular formula is C17H20N4O4S2. The van der Waals surface area contributed by atoms with Crippen molar-refractivity contribution in [2.75, 3.05) is 13.7 Å². The molecule has 0 unspecified atom stereocenters. The smallest absolute Gasteiger partial charge is 0.253 e. The first-order valence-corrected chi connectivity index (χ1v) is 9.80. The molecule has 4 N–H and O–H groups in total. The van der Waals surface area contributed by atoms with Crippen molar-refractivity contribution >= 4 is 33.3 Å². The molecule has 2 aromatic carbocycles. The third-order valence-corrected chi connectivity index (χ3v) is 5.07. The second kappa shape index (κ2) is 9.86. The van der Waals surface area contributed by atoms with Gasteiger partial charge in [0.2, 0.25) is 10.0 Å². The van der Waals surface area contributed by atoms with Gasteiger partial charge in [-0.2, -0.15) is 0 Å². The van der Waals surface area contributed by atoms with Crippen molar-refractivity contribution in [1.82, 2.24) is 20.9 Å². The Morgan fingerprint density at radius 3 is 2.33 bits per heavy atom. The molecule has 0 aliphatic heterocycles. The van der Waals surface area contributed by atoms with E-state index in [1.165, 1.54) is 31.4 Å². The normalized spacial score (nSPS) is 10.7. The zero-order valence-corrected chi connectivity index (χ0v) is 16.2. The molecule has 0 heterocycles. The lowest BCUT2D eigenvalue weighted by Crippen LogP contribution is -2.49. The average Bonchev–Trinajstić information content (AvgIpc) is 2.70. The first-order chi connectivity index (χ1) is 12.9. The third kappa shape index (κ3) is 6.85. The number of amides is 1. The lowest BCUT2D eigenvalue weighted by molar-refractivity contribution is -0.120. The maximum Gasteiger partial charge on any atom is 0.253 e. The van der Waals surface area contributed by atoms with Crippen LogP contribution < -0.4 is 25.6 Å². The van der Waals surface area contributed by atoms with Crippen molar-refractivity contribution in [3.63, 3.8) is 0 Å². The summed E-state index contributed by atoms with van der Waals surface area (Å²) in [5.41, 5.74) is 5.86. The summed E-state index contributed by atoms with van der Waals surface area (Å²) in [6.45, 7) is 0.0509. The zero-order valence-electron chi connectivity index (χ0n) is 14.6. The quantitative estimate of drug-likeness (QED) is 0.394. The van der Waals surface area contributed by atoms with Crippen molar-refractivity contribution in [1.29, 1.82) is 0 Å². The molecule has 8 nitrogen and oxygen atoms in total. The van der Waals surface area contributed by atoms with Gasteiger partial charge >= 0.3 is 0 Å². The minimum Gasteiger partial charge on any atom is -0.497 e. The second-order valence-corrected chi connectivity index (χ2v) is 7.52. The highest BCUT2D eigenvalue weighted by Crippen LogP contribution is 2.14. The second-order valence-electron chi connectivity index (χ2n) is 5.34. The van der Waals surface area contributed by atoms with Gasteiger partial charge in [-0.1, -0.05) is 30.3 Å². The van der Waals surface area contributed by atoms with Gasteiger partial charge in [0.15, 0.2) is 5.11 Å². The lowest BCUT2D eigenvalue weighted by atomic mass is 10.2. The number of hydrogen-bond acceptors (Lipinski definition) is 5. The highest BCUT2D eigenvalue weighted by molar-refractivity contribution is 7.89. The Morgan fingerprint density at radius 1 is 1.04 bits per heavy atom. The largest absolute Gasteiger partial charge is 0.497 e. The molecule has 144 valence electrons. The molecule has 0 spiro atoms. The molecule has 0 saturated carbocycles. The van der Waals surface area contributed by atoms with E-state index >= 15 is 0 Å². The van der Waals surface area contributed by atoms with E-state index < -0.39 is 22.5 Å². The van der Waals surface area contributed by atoms with E-state index in [1.54, 1.807) is 0 Å². The Kier molecular flexibility index (Phi) is 7.53. The minimum absolute atomic E-state index is 0.0316. The summed E-state index contributed by atoms with van der Waals surface area (Å²) in [6.07, 6.45) is 0. The Hall–Kier alpha value is -2.69. The highest BCUT2D eigenvalue weighted by atomic mass is 32.2. The molecule has 0 aromatic heterocycles. The van der Waals surface area contributed by atoms with Gasteiger partial charge in [-0.05, 0) is 42.0 Å². The maximum absolute atomic E-state index is 12.1. The van der Waals surface area contributed by atoms with Crippen molar-refractivity contribution in [2.24, 2.45) is 0 Å². The lowest BCUT2D eigenvalue weighted by Gasteiger charge is -2.12. The molecule has 0 fully saturated rings. The van der Waals surface area contributed by atoms with Gasteiger partial charge in [0.25, 0.3) is 5.91 Å². The van der Waals surface area contributed by atoms with Crippen LogP contribution in [0.15, 0.2) is 59.5 Å². The monoisotopic (exact) mass is 408 g/mol. The van der Waals surface area contributed by atoms with Gasteiger partial charge in [-0.3, -0.25) is 15.6 Å². The van der Waals surface area contributed by atoms with Crippen LogP contribution in [0.5, 0.6) is 5.75 Å². The maximum atomic E-state index is 12.1. The van der Waals surface area contributed by atoms with Crippen LogP contribution in [0.2, 0.25) is 0 Å². The van der Waals surface area contributed by atoms with Gasteiger partial charge in [0, 0.05) is 6.54 Å². The van der Waals surface area contributed by atoms with Crippen molar-refractivity contribution in [2.45, 2.75) is 11.4 Å². The van der Waals surface area contributed by atoms with Crippen LogP contribution >= 0.6 is 12.2 Å². The van der Waals surface area contributed by atoms with Gasteiger partial charge in [-0.15, -0.1) is 0 Å². The number of hydrogen-bond donors (Lipinski definition) is 4. The van der Waals surface area contributed by atoms with E-state index in [0.717, 1.165) is 5.56 Å². The third-order valence-electron chi connectivity index (χ3n) is 3.40. The van der Waals surface area contributed by atoms with E-state index in [1.807, 2.05) is 30.3 Å². The number of sulfonamides is 1. The van der Waals surface area contributed by atoms with E-state index in [9.17, 15) is 13.2 Å². The van der Waals surface area contributed by atoms with Crippen LogP contribution in [0.4, 0.5) is 0 Å². The van der Waals surface area contributed by atoms with E-state index in [4.69, 9.17) is 17.0 Å². The molecule has 2 aromatic rings. The molecule has 0 radical (unpaired) electrons. The van der Waals surface area contributed by atoms with Crippen molar-refractivity contribution in [3.8, 4) is 5.75 Å². The minimum atomic E-state index is -3.81. The Morgan fingerprint density at radius 2 is 1.70 bits per heavy atom. The first kappa shape index (κ1) is 20.6. The predicted molar refractivity (Wildman–Crippen MR) is 105 cm³/mol. The summed E-state index contributed by atoms with van der Waals surface area (Å²) in [6, 6.07) is 15.4. The number of hydrazine groups is 1. The molecule has 0 atom stereocenters. The number of nitrogens with one attached hydrogen (secondary N) is 4. The molecule has 27 heavy (non-hydrogen) atoms. The number of ether oxygens (including phenoxy) is 1. The van der Waals surface area contributed by atoms with E-state index in [0.29, 0.717) is 12.3 Å². The Bertz CT molecular complexity index is 872. The van der Waals surface area contributed by atoms with Gasteiger partial charge in [-0.25, -0.2) is 13.1 Å². The molecule has 2 rings (SSSR count). The molecule has 1 amide bonds. The standard InChI is InChI=1S/C17H20N4O4S2/c1-25-14-7-9-15(10-8-14)27(23,24)19-12-16(22)20-21-17(26)18-11-13-5-3-2-4-6-13/h2-10,19H,11-12H2,1H3,(H,20,22)(H2,18,21,26). The molecule has 0 aliphatic rings. The number of rotatable bonds is 7. The molecular weight excluding hydrogens is 388 g/mol.